The van der Waals surface area contributed by atoms with E-state index in [1.165, 1.54) is 11.1 Å². The lowest BCUT2D eigenvalue weighted by Crippen LogP contribution is -2.32. The zero-order valence-corrected chi connectivity index (χ0v) is 18.0. The highest BCUT2D eigenvalue weighted by atomic mass is 16.5. The number of ether oxygens (including phenoxy) is 1. The molecule has 0 amide bonds. The van der Waals surface area contributed by atoms with E-state index in [9.17, 15) is 9.59 Å². The number of ketones is 1. The Hall–Kier alpha value is -3.98. The molecule has 2 aliphatic rings. The summed E-state index contributed by atoms with van der Waals surface area (Å²) in [6.45, 7) is 0.419. The van der Waals surface area contributed by atoms with Crippen molar-refractivity contribution in [3.05, 3.63) is 119 Å². The molecule has 6 rings (SSSR count). The van der Waals surface area contributed by atoms with Crippen molar-refractivity contribution < 1.29 is 14.3 Å². The third kappa shape index (κ3) is 3.04. The SMILES string of the molecule is O=COC(C(=O)CC1c2ccccc2-c2ccccc21)C1c2ccccc2-c2ccccc21. The Morgan fingerprint density at radius 3 is 1.52 bits per heavy atom. The van der Waals surface area contributed by atoms with E-state index in [1.807, 2.05) is 60.7 Å². The molecule has 0 aromatic heterocycles. The van der Waals surface area contributed by atoms with Crippen molar-refractivity contribution in [2.75, 3.05) is 0 Å². The van der Waals surface area contributed by atoms with Gasteiger partial charge in [-0.15, -0.1) is 0 Å². The molecule has 0 bridgehead atoms. The average Bonchev–Trinajstić information content (AvgIpc) is 3.36. The number of carbonyl (C=O) groups is 2. The molecule has 0 heterocycles. The molecular formula is C30H22O3. The van der Waals surface area contributed by atoms with E-state index in [4.69, 9.17) is 4.74 Å². The second-order valence-electron chi connectivity index (χ2n) is 8.70. The maximum atomic E-state index is 13.8. The molecule has 160 valence electrons. The number of rotatable bonds is 6. The first-order valence-electron chi connectivity index (χ1n) is 11.3. The lowest BCUT2D eigenvalue weighted by Gasteiger charge is -2.24. The van der Waals surface area contributed by atoms with Crippen LogP contribution in [-0.4, -0.2) is 18.4 Å². The third-order valence-electron chi connectivity index (χ3n) is 7.07. The predicted octanol–water partition coefficient (Wildman–Crippen LogP) is 6.11. The monoisotopic (exact) mass is 430 g/mol. The van der Waals surface area contributed by atoms with Crippen LogP contribution >= 0.6 is 0 Å². The predicted molar refractivity (Wildman–Crippen MR) is 128 cm³/mol. The molecular weight excluding hydrogens is 408 g/mol. The molecule has 0 saturated carbocycles. The van der Waals surface area contributed by atoms with Crippen molar-refractivity contribution in [3.8, 4) is 22.3 Å². The lowest BCUT2D eigenvalue weighted by atomic mass is 9.84. The molecule has 4 aromatic rings. The highest BCUT2D eigenvalue weighted by molar-refractivity contribution is 5.92. The van der Waals surface area contributed by atoms with Gasteiger partial charge in [0.1, 0.15) is 0 Å². The van der Waals surface area contributed by atoms with Gasteiger partial charge in [0.2, 0.25) is 0 Å². The summed E-state index contributed by atoms with van der Waals surface area (Å²) in [7, 11) is 0. The summed E-state index contributed by atoms with van der Waals surface area (Å²) < 4.78 is 5.56. The van der Waals surface area contributed by atoms with Gasteiger partial charge in [0, 0.05) is 12.3 Å². The van der Waals surface area contributed by atoms with Crippen LogP contribution in [0, 0.1) is 0 Å². The van der Waals surface area contributed by atoms with Gasteiger partial charge in [-0.3, -0.25) is 9.59 Å². The van der Waals surface area contributed by atoms with Crippen LogP contribution in [0.1, 0.15) is 40.5 Å². The summed E-state index contributed by atoms with van der Waals surface area (Å²) in [6.07, 6.45) is -0.583. The Kier molecular flexibility index (Phi) is 4.69. The van der Waals surface area contributed by atoms with E-state index in [-0.39, 0.29) is 24.0 Å². The molecule has 0 fully saturated rings. The summed E-state index contributed by atoms with van der Waals surface area (Å²) in [4.78, 5) is 25.4. The van der Waals surface area contributed by atoms with Crippen LogP contribution in [-0.2, 0) is 14.3 Å². The minimum Gasteiger partial charge on any atom is -0.456 e. The lowest BCUT2D eigenvalue weighted by molar-refractivity contribution is -0.144. The Morgan fingerprint density at radius 1 is 0.667 bits per heavy atom. The number of benzene rings is 4. The average molecular weight is 431 g/mol. The fourth-order valence-corrected chi connectivity index (χ4v) is 5.72. The summed E-state index contributed by atoms with van der Waals surface area (Å²) >= 11 is 0. The Balaban J connectivity index is 1.40. The fourth-order valence-electron chi connectivity index (χ4n) is 5.72. The van der Waals surface area contributed by atoms with Crippen LogP contribution in [0.3, 0.4) is 0 Å². The number of Topliss-reactive ketones (excluding diaryl/α,β-unsaturated/α-hetero) is 1. The van der Waals surface area contributed by atoms with Gasteiger partial charge in [-0.25, -0.2) is 0 Å². The molecule has 1 unspecified atom stereocenters. The van der Waals surface area contributed by atoms with Crippen molar-refractivity contribution in [2.24, 2.45) is 0 Å². The number of carbonyl (C=O) groups excluding carboxylic acids is 2. The molecule has 3 nitrogen and oxygen atoms in total. The molecule has 0 radical (unpaired) electrons. The molecule has 0 aliphatic heterocycles. The molecule has 33 heavy (non-hydrogen) atoms. The standard InChI is InChI=1S/C30H22O3/c31-18-33-30(29-25-15-7-5-11-21(25)22-12-6-8-16-26(22)29)28(32)17-27-23-13-3-1-9-19(23)20-10-2-4-14-24(20)27/h1-16,18,27,29-30H,17H2. The maximum Gasteiger partial charge on any atom is 0.293 e. The van der Waals surface area contributed by atoms with Crippen molar-refractivity contribution in [1.29, 1.82) is 0 Å². The van der Waals surface area contributed by atoms with Crippen molar-refractivity contribution in [2.45, 2.75) is 24.4 Å². The zero-order valence-electron chi connectivity index (χ0n) is 18.0. The van der Waals surface area contributed by atoms with Crippen LogP contribution in [0.4, 0.5) is 0 Å². The molecule has 1 atom stereocenters. The summed E-state index contributed by atoms with van der Waals surface area (Å²) in [5.41, 5.74) is 8.93. The first-order chi connectivity index (χ1) is 16.3. The molecule has 0 saturated heterocycles. The quantitative estimate of drug-likeness (QED) is 0.347. The van der Waals surface area contributed by atoms with E-state index in [0.717, 1.165) is 33.4 Å². The fraction of sp³-hybridized carbons (Fsp3) is 0.133. The first kappa shape index (κ1) is 19.7. The van der Waals surface area contributed by atoms with E-state index in [0.29, 0.717) is 6.47 Å². The van der Waals surface area contributed by atoms with Gasteiger partial charge in [-0.1, -0.05) is 97.1 Å². The van der Waals surface area contributed by atoms with Crippen molar-refractivity contribution in [1.82, 2.24) is 0 Å². The molecule has 0 spiro atoms. The maximum absolute atomic E-state index is 13.8. The highest BCUT2D eigenvalue weighted by Gasteiger charge is 2.41. The number of hydrogen-bond donors (Lipinski definition) is 0. The topological polar surface area (TPSA) is 43.4 Å². The molecule has 4 aromatic carbocycles. The normalized spacial score (nSPS) is 14.7. The summed E-state index contributed by atoms with van der Waals surface area (Å²) in [6, 6.07) is 32.7. The number of hydrogen-bond acceptors (Lipinski definition) is 3. The van der Waals surface area contributed by atoms with Crippen molar-refractivity contribution in [3.63, 3.8) is 0 Å². The van der Waals surface area contributed by atoms with E-state index in [1.54, 1.807) is 0 Å². The van der Waals surface area contributed by atoms with E-state index < -0.39 is 6.10 Å². The minimum atomic E-state index is -0.868. The molecule has 2 aliphatic carbocycles. The van der Waals surface area contributed by atoms with E-state index >= 15 is 0 Å². The van der Waals surface area contributed by atoms with Gasteiger partial charge in [0.15, 0.2) is 11.9 Å². The van der Waals surface area contributed by atoms with Gasteiger partial charge in [-0.05, 0) is 44.5 Å². The largest absolute Gasteiger partial charge is 0.456 e. The van der Waals surface area contributed by atoms with Crippen molar-refractivity contribution >= 4 is 12.3 Å². The van der Waals surface area contributed by atoms with Crippen LogP contribution in [0.25, 0.3) is 22.3 Å². The van der Waals surface area contributed by atoms with Gasteiger partial charge in [0.05, 0.1) is 5.92 Å². The third-order valence-corrected chi connectivity index (χ3v) is 7.07. The van der Waals surface area contributed by atoms with Gasteiger partial charge in [-0.2, -0.15) is 0 Å². The molecule has 0 N–H and O–H groups in total. The molecule has 3 heteroatoms. The minimum absolute atomic E-state index is 0.0467. The zero-order chi connectivity index (χ0) is 22.4. The van der Waals surface area contributed by atoms with Crippen LogP contribution in [0.5, 0.6) is 0 Å². The van der Waals surface area contributed by atoms with E-state index in [2.05, 4.69) is 36.4 Å². The second kappa shape index (κ2) is 7.86. The first-order valence-corrected chi connectivity index (χ1v) is 11.3. The van der Waals surface area contributed by atoms with Gasteiger partial charge >= 0.3 is 0 Å². The van der Waals surface area contributed by atoms with Crippen LogP contribution < -0.4 is 0 Å². The second-order valence-corrected chi connectivity index (χ2v) is 8.70. The summed E-state index contributed by atoms with van der Waals surface area (Å²) in [5, 5.41) is 0. The Bertz CT molecular complexity index is 1300. The Morgan fingerprint density at radius 2 is 1.06 bits per heavy atom. The van der Waals surface area contributed by atoms with Gasteiger partial charge < -0.3 is 4.74 Å². The number of fused-ring (bicyclic) bond motifs is 6. The van der Waals surface area contributed by atoms with Crippen LogP contribution in [0.15, 0.2) is 97.1 Å². The van der Waals surface area contributed by atoms with Crippen LogP contribution in [0.2, 0.25) is 0 Å². The Labute approximate surface area is 192 Å². The van der Waals surface area contributed by atoms with Gasteiger partial charge in [0.25, 0.3) is 6.47 Å². The summed E-state index contributed by atoms with van der Waals surface area (Å²) in [5.74, 6) is -0.411. The smallest absolute Gasteiger partial charge is 0.293 e. The highest BCUT2D eigenvalue weighted by Crippen LogP contribution is 2.49.